The van der Waals surface area contributed by atoms with Crippen molar-refractivity contribution < 1.29 is 9.53 Å². The first-order chi connectivity index (χ1) is 9.06. The number of methoxy groups -OCH3 is 1. The molecule has 2 rings (SSSR count). The number of nitrogens with zero attached hydrogens (tertiary/aromatic N) is 3. The number of ether oxygens (including phenoxy) is 1. The molecule has 106 valence electrons. The molecular weight excluding hydrogens is 262 g/mol. The van der Waals surface area contributed by atoms with Crippen LogP contribution in [0.4, 0.5) is 5.13 Å². The zero-order valence-electron chi connectivity index (χ0n) is 12.0. The Morgan fingerprint density at radius 2 is 2.26 bits per heavy atom. The summed E-state index contributed by atoms with van der Waals surface area (Å²) < 4.78 is 4.76. The quantitative estimate of drug-likeness (QED) is 0.791. The van der Waals surface area contributed by atoms with E-state index in [0.717, 1.165) is 36.1 Å². The van der Waals surface area contributed by atoms with Gasteiger partial charge in [0.05, 0.1) is 7.11 Å². The van der Waals surface area contributed by atoms with E-state index in [0.29, 0.717) is 11.7 Å². The van der Waals surface area contributed by atoms with Gasteiger partial charge in [0.15, 0.2) is 10.8 Å². The Kier molecular flexibility index (Phi) is 4.42. The molecule has 0 N–H and O–H groups in total. The first kappa shape index (κ1) is 14.3. The van der Waals surface area contributed by atoms with E-state index in [-0.39, 0.29) is 5.97 Å². The van der Waals surface area contributed by atoms with Gasteiger partial charge < -0.3 is 9.64 Å². The topological polar surface area (TPSA) is 45.7 Å². The summed E-state index contributed by atoms with van der Waals surface area (Å²) in [6.45, 7) is 7.09. The zero-order valence-corrected chi connectivity index (χ0v) is 12.8. The highest BCUT2D eigenvalue weighted by Crippen LogP contribution is 2.28. The Morgan fingerprint density at radius 1 is 1.53 bits per heavy atom. The van der Waals surface area contributed by atoms with Crippen LogP contribution in [-0.2, 0) is 4.74 Å². The Bertz CT molecular complexity index is 461. The average molecular weight is 283 g/mol. The van der Waals surface area contributed by atoms with Crippen molar-refractivity contribution >= 4 is 22.4 Å². The fourth-order valence-corrected chi connectivity index (χ4v) is 3.30. The number of likely N-dealkylation sites (N-methyl/N-ethyl adjacent to an activating group) is 1. The summed E-state index contributed by atoms with van der Waals surface area (Å²) in [5.41, 5.74) is 0.453. The number of thiazole rings is 1. The normalized spacial score (nSPS) is 20.6. The number of piperazine rings is 1. The van der Waals surface area contributed by atoms with Crippen molar-refractivity contribution in [3.63, 3.8) is 0 Å². The van der Waals surface area contributed by atoms with Crippen LogP contribution >= 0.6 is 11.3 Å². The van der Waals surface area contributed by atoms with Crippen LogP contribution in [0.3, 0.4) is 0 Å². The molecule has 1 aromatic heterocycles. The molecule has 0 aromatic carbocycles. The molecule has 19 heavy (non-hydrogen) atoms. The molecular formula is C13H21N3O2S. The van der Waals surface area contributed by atoms with Crippen LogP contribution in [0.25, 0.3) is 0 Å². The number of esters is 1. The van der Waals surface area contributed by atoms with Gasteiger partial charge in [-0.25, -0.2) is 9.78 Å². The van der Waals surface area contributed by atoms with Crippen LogP contribution in [0, 0.1) is 6.92 Å². The molecule has 1 fully saturated rings. The average Bonchev–Trinajstić information content (AvgIpc) is 2.80. The predicted molar refractivity (Wildman–Crippen MR) is 77.1 cm³/mol. The van der Waals surface area contributed by atoms with E-state index in [1.807, 2.05) is 6.92 Å². The molecule has 1 saturated heterocycles. The van der Waals surface area contributed by atoms with Crippen LogP contribution in [0.2, 0.25) is 0 Å². The minimum absolute atomic E-state index is 0.346. The number of hydrogen-bond donors (Lipinski definition) is 0. The first-order valence-corrected chi connectivity index (χ1v) is 7.39. The van der Waals surface area contributed by atoms with Gasteiger partial charge in [0, 0.05) is 30.6 Å². The van der Waals surface area contributed by atoms with Crippen LogP contribution < -0.4 is 4.90 Å². The number of aromatic nitrogens is 1. The fraction of sp³-hybridized carbons (Fsp3) is 0.692. The van der Waals surface area contributed by atoms with Crippen molar-refractivity contribution in [1.82, 2.24) is 9.88 Å². The molecule has 0 amide bonds. The second kappa shape index (κ2) is 5.88. The predicted octanol–water partition coefficient (Wildman–Crippen LogP) is 1.77. The van der Waals surface area contributed by atoms with Crippen molar-refractivity contribution in [2.75, 3.05) is 38.7 Å². The third kappa shape index (κ3) is 2.90. The van der Waals surface area contributed by atoms with E-state index in [9.17, 15) is 4.79 Å². The maximum absolute atomic E-state index is 11.6. The van der Waals surface area contributed by atoms with Gasteiger partial charge in [0.2, 0.25) is 0 Å². The molecule has 6 heteroatoms. The van der Waals surface area contributed by atoms with Crippen LogP contribution in [0.5, 0.6) is 0 Å². The zero-order chi connectivity index (χ0) is 14.0. The Balaban J connectivity index is 2.16. The number of rotatable bonds is 3. The molecule has 1 atom stereocenters. The van der Waals surface area contributed by atoms with E-state index in [1.54, 1.807) is 11.3 Å². The lowest BCUT2D eigenvalue weighted by Crippen LogP contribution is -2.51. The molecule has 2 heterocycles. The van der Waals surface area contributed by atoms with E-state index < -0.39 is 0 Å². The summed E-state index contributed by atoms with van der Waals surface area (Å²) in [5.74, 6) is -0.346. The van der Waals surface area contributed by atoms with Gasteiger partial charge >= 0.3 is 5.97 Å². The molecule has 1 aromatic rings. The molecule has 0 saturated carbocycles. The minimum Gasteiger partial charge on any atom is -0.464 e. The molecule has 0 bridgehead atoms. The van der Waals surface area contributed by atoms with Crippen molar-refractivity contribution in [1.29, 1.82) is 0 Å². The van der Waals surface area contributed by atoms with E-state index in [4.69, 9.17) is 4.74 Å². The Labute approximate surface area is 118 Å². The van der Waals surface area contributed by atoms with Crippen LogP contribution in [0.15, 0.2) is 0 Å². The van der Waals surface area contributed by atoms with Gasteiger partial charge in [-0.15, -0.1) is 11.3 Å². The number of anilines is 1. The van der Waals surface area contributed by atoms with E-state index >= 15 is 0 Å². The second-order valence-electron chi connectivity index (χ2n) is 4.88. The monoisotopic (exact) mass is 283 g/mol. The Hall–Kier alpha value is -1.14. The van der Waals surface area contributed by atoms with Gasteiger partial charge in [-0.05, 0) is 20.4 Å². The summed E-state index contributed by atoms with van der Waals surface area (Å²) in [5, 5.41) is 0.935. The van der Waals surface area contributed by atoms with Crippen LogP contribution in [-0.4, -0.2) is 55.7 Å². The Morgan fingerprint density at radius 3 is 2.89 bits per heavy atom. The third-order valence-corrected chi connectivity index (χ3v) is 4.71. The number of hydrogen-bond acceptors (Lipinski definition) is 6. The summed E-state index contributed by atoms with van der Waals surface area (Å²) in [6.07, 6.45) is 1.13. The van der Waals surface area contributed by atoms with Crippen molar-refractivity contribution in [3.8, 4) is 0 Å². The van der Waals surface area contributed by atoms with Gasteiger partial charge in [-0.2, -0.15) is 0 Å². The molecule has 0 radical (unpaired) electrons. The molecule has 0 spiro atoms. The van der Waals surface area contributed by atoms with Crippen molar-refractivity contribution in [2.24, 2.45) is 0 Å². The minimum atomic E-state index is -0.346. The second-order valence-corrected chi connectivity index (χ2v) is 6.06. The SMILES string of the molecule is CCC1CN(c2nc(C(=O)OC)c(C)s2)CCN1C. The summed E-state index contributed by atoms with van der Waals surface area (Å²) in [4.78, 5) is 21.6. The van der Waals surface area contributed by atoms with Gasteiger partial charge in [-0.1, -0.05) is 6.92 Å². The molecule has 0 aliphatic carbocycles. The lowest BCUT2D eigenvalue weighted by atomic mass is 10.1. The lowest BCUT2D eigenvalue weighted by Gasteiger charge is -2.39. The lowest BCUT2D eigenvalue weighted by molar-refractivity contribution is 0.0594. The standard InChI is InChI=1S/C13H21N3O2S/c1-5-10-8-16(7-6-15(10)3)13-14-11(9(2)19-13)12(17)18-4/h10H,5-8H2,1-4H3. The largest absolute Gasteiger partial charge is 0.464 e. The van der Waals surface area contributed by atoms with Gasteiger partial charge in [-0.3, -0.25) is 4.90 Å². The van der Waals surface area contributed by atoms with Crippen LogP contribution in [0.1, 0.15) is 28.7 Å². The molecule has 1 aliphatic rings. The smallest absolute Gasteiger partial charge is 0.357 e. The van der Waals surface area contributed by atoms with Gasteiger partial charge in [0.1, 0.15) is 0 Å². The van der Waals surface area contributed by atoms with Crippen molar-refractivity contribution in [2.45, 2.75) is 26.3 Å². The third-order valence-electron chi connectivity index (χ3n) is 3.68. The summed E-state index contributed by atoms with van der Waals surface area (Å²) >= 11 is 1.57. The van der Waals surface area contributed by atoms with Crippen molar-refractivity contribution in [3.05, 3.63) is 10.6 Å². The fourth-order valence-electron chi connectivity index (χ4n) is 2.36. The summed E-state index contributed by atoms with van der Waals surface area (Å²) in [7, 11) is 3.56. The van der Waals surface area contributed by atoms with E-state index in [1.165, 1.54) is 7.11 Å². The maximum atomic E-state index is 11.6. The molecule has 1 aliphatic heterocycles. The number of carbonyl (C=O) groups is 1. The number of aryl methyl sites for hydroxylation is 1. The molecule has 5 nitrogen and oxygen atoms in total. The highest BCUT2D eigenvalue weighted by atomic mass is 32.1. The van der Waals surface area contributed by atoms with Gasteiger partial charge in [0.25, 0.3) is 0 Å². The number of carbonyl (C=O) groups excluding carboxylic acids is 1. The highest BCUT2D eigenvalue weighted by molar-refractivity contribution is 7.15. The van der Waals surface area contributed by atoms with E-state index in [2.05, 4.69) is 28.8 Å². The first-order valence-electron chi connectivity index (χ1n) is 6.57. The highest BCUT2D eigenvalue weighted by Gasteiger charge is 2.26. The maximum Gasteiger partial charge on any atom is 0.357 e. The summed E-state index contributed by atoms with van der Waals surface area (Å²) in [6, 6.07) is 0.555. The molecule has 1 unspecified atom stereocenters.